The molecule has 0 rings (SSSR count). The molecule has 0 amide bonds. The number of rotatable bonds is 38. The Morgan fingerprint density at radius 1 is 0.525 bits per heavy atom. The molecule has 0 aromatic heterocycles. The number of phosphoric ester groups is 1. The lowest BCUT2D eigenvalue weighted by atomic mass is 10.2. The third-order valence-corrected chi connectivity index (χ3v) is 9.03. The van der Waals surface area contributed by atoms with Gasteiger partial charge in [0.1, 0.15) is 6.61 Å². The van der Waals surface area contributed by atoms with Crippen molar-refractivity contribution in [2.24, 2.45) is 5.73 Å². The van der Waals surface area contributed by atoms with E-state index >= 15 is 0 Å². The summed E-state index contributed by atoms with van der Waals surface area (Å²) in [7, 11) is -4.42. The van der Waals surface area contributed by atoms with E-state index in [4.69, 9.17) is 24.3 Å². The maximum Gasteiger partial charge on any atom is 0.472 e. The number of esters is 2. The van der Waals surface area contributed by atoms with E-state index in [9.17, 15) is 19.0 Å². The quantitative estimate of drug-likeness (QED) is 0.0270. The summed E-state index contributed by atoms with van der Waals surface area (Å²) < 4.78 is 32.6. The highest BCUT2D eigenvalue weighted by Crippen LogP contribution is 2.43. The van der Waals surface area contributed by atoms with Crippen LogP contribution in [0.5, 0.6) is 0 Å². The van der Waals surface area contributed by atoms with Gasteiger partial charge in [-0.15, -0.1) is 0 Å². The lowest BCUT2D eigenvalue weighted by Gasteiger charge is -2.19. The van der Waals surface area contributed by atoms with Gasteiger partial charge in [-0.2, -0.15) is 0 Å². The molecular weight excluding hydrogens is 762 g/mol. The monoisotopic (exact) mass is 838 g/mol. The van der Waals surface area contributed by atoms with Crippen LogP contribution in [0.1, 0.15) is 129 Å². The smallest absolute Gasteiger partial charge is 0.462 e. The molecule has 0 saturated heterocycles. The number of ether oxygens (including phenoxy) is 2. The first kappa shape index (κ1) is 55.2. The van der Waals surface area contributed by atoms with Crippen molar-refractivity contribution in [3.63, 3.8) is 0 Å². The Bertz CT molecular complexity index is 1420. The van der Waals surface area contributed by atoms with Crippen molar-refractivity contribution in [2.45, 2.75) is 136 Å². The molecule has 0 aromatic carbocycles. The van der Waals surface area contributed by atoms with E-state index in [0.717, 1.165) is 64.2 Å². The zero-order valence-corrected chi connectivity index (χ0v) is 37.1. The van der Waals surface area contributed by atoms with Gasteiger partial charge in [-0.25, -0.2) is 4.57 Å². The lowest BCUT2D eigenvalue weighted by molar-refractivity contribution is -0.161. The van der Waals surface area contributed by atoms with Crippen LogP contribution in [0.15, 0.2) is 134 Å². The van der Waals surface area contributed by atoms with Crippen LogP contribution in [0.3, 0.4) is 0 Å². The summed E-state index contributed by atoms with van der Waals surface area (Å²) in [5.74, 6) is -1.04. The molecule has 0 spiro atoms. The third-order valence-electron chi connectivity index (χ3n) is 8.05. The fourth-order valence-corrected chi connectivity index (χ4v) is 5.64. The number of carbonyl (C=O) groups is 2. The Morgan fingerprint density at radius 3 is 1.32 bits per heavy atom. The van der Waals surface area contributed by atoms with Crippen molar-refractivity contribution in [2.75, 3.05) is 26.4 Å². The lowest BCUT2D eigenvalue weighted by Crippen LogP contribution is -2.29. The maximum atomic E-state index is 12.6. The summed E-state index contributed by atoms with van der Waals surface area (Å²) in [6.07, 6.45) is 60.8. The van der Waals surface area contributed by atoms with E-state index in [1.807, 2.05) is 24.3 Å². The van der Waals surface area contributed by atoms with Crippen molar-refractivity contribution in [3.05, 3.63) is 134 Å². The van der Waals surface area contributed by atoms with Crippen molar-refractivity contribution in [1.82, 2.24) is 0 Å². The second-order valence-electron chi connectivity index (χ2n) is 13.5. The van der Waals surface area contributed by atoms with Crippen LogP contribution in [0, 0.1) is 0 Å². The average molecular weight is 838 g/mol. The van der Waals surface area contributed by atoms with Crippen molar-refractivity contribution < 1.29 is 37.6 Å². The van der Waals surface area contributed by atoms with Gasteiger partial charge in [0.05, 0.1) is 13.2 Å². The van der Waals surface area contributed by atoms with E-state index in [1.165, 1.54) is 25.7 Å². The Hall–Kier alpha value is -3.85. The number of hydrogen-bond acceptors (Lipinski definition) is 8. The molecule has 0 heterocycles. The van der Waals surface area contributed by atoms with Crippen LogP contribution >= 0.6 is 7.82 Å². The van der Waals surface area contributed by atoms with Crippen LogP contribution in [-0.2, 0) is 32.7 Å². The molecule has 9 nitrogen and oxygen atoms in total. The minimum atomic E-state index is -4.42. The minimum absolute atomic E-state index is 0.0244. The molecule has 0 aliphatic carbocycles. The zero-order valence-electron chi connectivity index (χ0n) is 36.2. The van der Waals surface area contributed by atoms with Gasteiger partial charge >= 0.3 is 19.8 Å². The summed E-state index contributed by atoms with van der Waals surface area (Å²) in [5.41, 5.74) is 5.34. The summed E-state index contributed by atoms with van der Waals surface area (Å²) in [5, 5.41) is 0. The molecule has 0 aromatic rings. The summed E-state index contributed by atoms with van der Waals surface area (Å²) in [4.78, 5) is 34.8. The van der Waals surface area contributed by atoms with Gasteiger partial charge in [0.2, 0.25) is 0 Å². The maximum absolute atomic E-state index is 12.6. The van der Waals surface area contributed by atoms with Crippen LogP contribution in [0.4, 0.5) is 0 Å². The Kier molecular flexibility index (Phi) is 40.9. The number of carbonyl (C=O) groups excluding carboxylic acids is 2. The molecule has 3 N–H and O–H groups in total. The minimum Gasteiger partial charge on any atom is -0.462 e. The second kappa shape index (κ2) is 43.7. The molecule has 0 fully saturated rings. The molecule has 0 radical (unpaired) electrons. The SMILES string of the molecule is CCC=CCC=CCC=CCC=CCC=CCC=CCCC(=O)OC[C@H](COP(=O)(O)OCCN)OC(=O)CCC=CCC=CCC=CCC=CCC=CCCCCC. The first-order valence-electron chi connectivity index (χ1n) is 21.7. The van der Waals surface area contributed by atoms with Gasteiger partial charge in [0.25, 0.3) is 0 Å². The fraction of sp³-hybridized carbons (Fsp3) is 0.510. The zero-order chi connectivity index (χ0) is 43.2. The molecule has 330 valence electrons. The van der Waals surface area contributed by atoms with E-state index < -0.39 is 32.5 Å². The van der Waals surface area contributed by atoms with Crippen LogP contribution < -0.4 is 5.73 Å². The number of hydrogen-bond donors (Lipinski definition) is 2. The fourth-order valence-electron chi connectivity index (χ4n) is 4.88. The molecule has 0 aliphatic rings. The van der Waals surface area contributed by atoms with Crippen LogP contribution in [0.25, 0.3) is 0 Å². The predicted octanol–water partition coefficient (Wildman–Crippen LogP) is 12.7. The van der Waals surface area contributed by atoms with E-state index in [2.05, 4.69) is 123 Å². The first-order valence-corrected chi connectivity index (χ1v) is 23.2. The van der Waals surface area contributed by atoms with E-state index in [0.29, 0.717) is 12.8 Å². The van der Waals surface area contributed by atoms with Gasteiger partial charge < -0.3 is 20.1 Å². The average Bonchev–Trinajstić information content (AvgIpc) is 3.22. The topological polar surface area (TPSA) is 134 Å². The molecule has 0 aliphatic heterocycles. The Morgan fingerprint density at radius 2 is 0.915 bits per heavy atom. The molecule has 59 heavy (non-hydrogen) atoms. The van der Waals surface area contributed by atoms with Crippen LogP contribution in [-0.4, -0.2) is 49.3 Å². The first-order chi connectivity index (χ1) is 28.8. The number of allylic oxidation sites excluding steroid dienone is 22. The summed E-state index contributed by atoms with van der Waals surface area (Å²) >= 11 is 0. The largest absolute Gasteiger partial charge is 0.472 e. The van der Waals surface area contributed by atoms with Gasteiger partial charge in [-0.3, -0.25) is 18.6 Å². The van der Waals surface area contributed by atoms with Crippen molar-refractivity contribution in [1.29, 1.82) is 0 Å². The second-order valence-corrected chi connectivity index (χ2v) is 14.9. The van der Waals surface area contributed by atoms with Crippen LogP contribution in [0.2, 0.25) is 0 Å². The Balaban J connectivity index is 4.44. The van der Waals surface area contributed by atoms with E-state index in [-0.39, 0.29) is 32.6 Å². The molecule has 1 unspecified atom stereocenters. The highest BCUT2D eigenvalue weighted by Gasteiger charge is 2.25. The molecular formula is C49H76NO8P. The number of nitrogens with two attached hydrogens (primary N) is 1. The molecule has 0 saturated carbocycles. The summed E-state index contributed by atoms with van der Waals surface area (Å²) in [6, 6.07) is 0. The normalized spacial score (nSPS) is 14.6. The molecule has 0 bridgehead atoms. The van der Waals surface area contributed by atoms with Gasteiger partial charge in [0, 0.05) is 19.4 Å². The highest BCUT2D eigenvalue weighted by molar-refractivity contribution is 7.47. The van der Waals surface area contributed by atoms with Gasteiger partial charge in [0.15, 0.2) is 6.10 Å². The van der Waals surface area contributed by atoms with Gasteiger partial charge in [-0.05, 0) is 89.9 Å². The highest BCUT2D eigenvalue weighted by atomic mass is 31.2. The van der Waals surface area contributed by atoms with Crippen molar-refractivity contribution >= 4 is 19.8 Å². The van der Waals surface area contributed by atoms with E-state index in [1.54, 1.807) is 0 Å². The number of unbranched alkanes of at least 4 members (excludes halogenated alkanes) is 3. The standard InChI is InChI=1S/C49H76NO8P/c1-3-5-7-9-11-13-15-17-19-21-23-25-27-29-31-33-35-37-39-41-48(51)55-45-47(46-57-59(53,54)56-44-43-50)58-49(52)42-40-38-36-34-32-30-28-26-24-22-20-18-16-14-12-10-8-6-4-2/h5,7,11-14,17-20,23-26,29-32,35-38,47H,3-4,6,8-10,15-16,21-22,27-28,33-34,39-46,50H2,1-2H3,(H,53,54)/t47-/m1/s1. The van der Waals surface area contributed by atoms with Crippen molar-refractivity contribution in [3.8, 4) is 0 Å². The molecule has 10 heteroatoms. The molecule has 2 atom stereocenters. The Labute approximate surface area is 357 Å². The number of phosphoric acid groups is 1. The predicted molar refractivity (Wildman–Crippen MR) is 247 cm³/mol. The third kappa shape index (κ3) is 43.6. The van der Waals surface area contributed by atoms with Gasteiger partial charge in [-0.1, -0.05) is 160 Å². The summed E-state index contributed by atoms with van der Waals surface area (Å²) in [6.45, 7) is 3.38.